The highest BCUT2D eigenvalue weighted by molar-refractivity contribution is 6.34. The van der Waals surface area contributed by atoms with Crippen LogP contribution in [0.25, 0.3) is 0 Å². The summed E-state index contributed by atoms with van der Waals surface area (Å²) in [7, 11) is 0. The van der Waals surface area contributed by atoms with Gasteiger partial charge in [-0.1, -0.05) is 23.2 Å². The van der Waals surface area contributed by atoms with E-state index in [1.807, 2.05) is 0 Å². The molecule has 6 nitrogen and oxygen atoms in total. The van der Waals surface area contributed by atoms with Crippen LogP contribution in [0.4, 0.5) is 0 Å². The van der Waals surface area contributed by atoms with Crippen LogP contribution in [0.3, 0.4) is 0 Å². The Kier molecular flexibility index (Phi) is 3.44. The average Bonchev–Trinajstić information content (AvgIpc) is 2.31. The molecule has 1 N–H and O–H groups in total. The first-order valence-electron chi connectivity index (χ1n) is 4.82. The van der Waals surface area contributed by atoms with Crippen molar-refractivity contribution in [3.05, 3.63) is 21.9 Å². The maximum absolute atomic E-state index is 12.1. The fourth-order valence-corrected chi connectivity index (χ4v) is 1.81. The largest absolute Gasteiger partial charge is 0.353 e. The minimum Gasteiger partial charge on any atom is -0.353 e. The second kappa shape index (κ2) is 4.85. The maximum Gasteiger partial charge on any atom is 0.257 e. The van der Waals surface area contributed by atoms with Gasteiger partial charge in [0.25, 0.3) is 5.91 Å². The zero-order chi connectivity index (χ0) is 12.4. The quantitative estimate of drug-likeness (QED) is 0.802. The van der Waals surface area contributed by atoms with Gasteiger partial charge in [-0.15, -0.1) is 10.2 Å². The summed E-state index contributed by atoms with van der Waals surface area (Å²) in [5, 5.41) is 9.75. The first-order valence-corrected chi connectivity index (χ1v) is 5.58. The molecular formula is C9H8Cl2N4O2. The Hall–Kier alpha value is -1.40. The molecule has 0 spiro atoms. The molecule has 1 saturated heterocycles. The van der Waals surface area contributed by atoms with Gasteiger partial charge in [0.2, 0.25) is 5.91 Å². The van der Waals surface area contributed by atoms with E-state index in [4.69, 9.17) is 23.2 Å². The number of carbonyl (C=O) groups excluding carboxylic acids is 2. The molecule has 2 amide bonds. The second-order valence-corrected chi connectivity index (χ2v) is 4.19. The van der Waals surface area contributed by atoms with Gasteiger partial charge in [0, 0.05) is 13.1 Å². The molecule has 0 unspecified atom stereocenters. The lowest BCUT2D eigenvalue weighted by atomic mass is 10.2. The van der Waals surface area contributed by atoms with E-state index in [1.165, 1.54) is 11.0 Å². The van der Waals surface area contributed by atoms with Gasteiger partial charge in [-0.3, -0.25) is 9.59 Å². The maximum atomic E-state index is 12.1. The smallest absolute Gasteiger partial charge is 0.257 e. The summed E-state index contributed by atoms with van der Waals surface area (Å²) in [5.74, 6) is -0.574. The molecule has 0 atom stereocenters. The topological polar surface area (TPSA) is 75.2 Å². The molecule has 17 heavy (non-hydrogen) atoms. The fraction of sp³-hybridized carbons (Fsp3) is 0.333. The van der Waals surface area contributed by atoms with E-state index in [0.29, 0.717) is 13.1 Å². The lowest BCUT2D eigenvalue weighted by Crippen LogP contribution is -2.50. The Morgan fingerprint density at radius 1 is 1.41 bits per heavy atom. The van der Waals surface area contributed by atoms with Crippen molar-refractivity contribution in [3.63, 3.8) is 0 Å². The number of nitrogens with one attached hydrogen (secondary N) is 1. The highest BCUT2D eigenvalue weighted by atomic mass is 35.5. The Morgan fingerprint density at radius 3 is 2.88 bits per heavy atom. The van der Waals surface area contributed by atoms with Gasteiger partial charge in [-0.05, 0) is 6.07 Å². The molecule has 1 aliphatic rings. The van der Waals surface area contributed by atoms with Crippen LogP contribution in [-0.2, 0) is 4.79 Å². The minimum atomic E-state index is -0.373. The predicted molar refractivity (Wildman–Crippen MR) is 61.0 cm³/mol. The van der Waals surface area contributed by atoms with Crippen LogP contribution < -0.4 is 5.32 Å². The Bertz CT molecular complexity index is 480. The number of halogens is 2. The Morgan fingerprint density at radius 2 is 2.18 bits per heavy atom. The molecule has 0 saturated carbocycles. The zero-order valence-corrected chi connectivity index (χ0v) is 10.1. The molecule has 2 rings (SSSR count). The standard InChI is InChI=1S/C9H8Cl2N4O2/c10-6-3-5(8(11)14-13-6)9(17)15-2-1-12-7(16)4-15/h3H,1-2,4H2,(H,12,16). The normalized spacial score (nSPS) is 15.6. The monoisotopic (exact) mass is 274 g/mol. The fourth-order valence-electron chi connectivity index (χ4n) is 1.49. The van der Waals surface area contributed by atoms with Crippen LogP contribution in [0.1, 0.15) is 10.4 Å². The van der Waals surface area contributed by atoms with Crippen molar-refractivity contribution in [2.45, 2.75) is 0 Å². The highest BCUT2D eigenvalue weighted by Gasteiger charge is 2.24. The number of piperazine rings is 1. The van der Waals surface area contributed by atoms with Crippen LogP contribution in [0.5, 0.6) is 0 Å². The predicted octanol–water partition coefficient (Wildman–Crippen LogP) is 0.355. The number of amides is 2. The third-order valence-electron chi connectivity index (χ3n) is 2.27. The van der Waals surface area contributed by atoms with E-state index in [9.17, 15) is 9.59 Å². The molecule has 1 fully saturated rings. The molecule has 2 heterocycles. The van der Waals surface area contributed by atoms with Crippen molar-refractivity contribution in [1.82, 2.24) is 20.4 Å². The van der Waals surface area contributed by atoms with E-state index in [-0.39, 0.29) is 34.2 Å². The van der Waals surface area contributed by atoms with E-state index in [1.54, 1.807) is 0 Å². The van der Waals surface area contributed by atoms with Crippen molar-refractivity contribution in [1.29, 1.82) is 0 Å². The summed E-state index contributed by atoms with van der Waals surface area (Å²) < 4.78 is 0. The summed E-state index contributed by atoms with van der Waals surface area (Å²) in [4.78, 5) is 24.6. The lowest BCUT2D eigenvalue weighted by molar-refractivity contribution is -0.123. The number of rotatable bonds is 1. The third kappa shape index (κ3) is 2.65. The van der Waals surface area contributed by atoms with Gasteiger partial charge in [-0.25, -0.2) is 0 Å². The second-order valence-electron chi connectivity index (χ2n) is 3.45. The number of hydrogen-bond acceptors (Lipinski definition) is 4. The SMILES string of the molecule is O=C1CN(C(=O)c2cc(Cl)nnc2Cl)CCN1. The molecule has 1 aromatic rings. The molecule has 0 aliphatic carbocycles. The first kappa shape index (κ1) is 12.1. The van der Waals surface area contributed by atoms with Crippen LogP contribution in [-0.4, -0.2) is 46.5 Å². The molecule has 8 heteroatoms. The molecule has 0 bridgehead atoms. The summed E-state index contributed by atoms with van der Waals surface area (Å²) in [5.41, 5.74) is 0.154. The third-order valence-corrected chi connectivity index (χ3v) is 2.74. The lowest BCUT2D eigenvalue weighted by Gasteiger charge is -2.26. The van der Waals surface area contributed by atoms with Crippen molar-refractivity contribution in [3.8, 4) is 0 Å². The minimum absolute atomic E-state index is 0.00903. The molecule has 90 valence electrons. The highest BCUT2D eigenvalue weighted by Crippen LogP contribution is 2.17. The van der Waals surface area contributed by atoms with E-state index >= 15 is 0 Å². The van der Waals surface area contributed by atoms with Crippen LogP contribution >= 0.6 is 23.2 Å². The molecule has 1 aromatic heterocycles. The first-order chi connectivity index (χ1) is 8.08. The summed E-state index contributed by atoms with van der Waals surface area (Å²) in [6, 6.07) is 1.34. The van der Waals surface area contributed by atoms with Crippen molar-refractivity contribution >= 4 is 35.0 Å². The van der Waals surface area contributed by atoms with Crippen LogP contribution in [0.15, 0.2) is 6.07 Å². The summed E-state index contributed by atoms with van der Waals surface area (Å²) in [6.45, 7) is 0.865. The molecule has 1 aliphatic heterocycles. The molecule has 0 aromatic carbocycles. The van der Waals surface area contributed by atoms with E-state index < -0.39 is 0 Å². The van der Waals surface area contributed by atoms with Gasteiger partial charge in [0.05, 0.1) is 12.1 Å². The van der Waals surface area contributed by atoms with Gasteiger partial charge in [-0.2, -0.15) is 0 Å². The van der Waals surface area contributed by atoms with E-state index in [0.717, 1.165) is 0 Å². The molecule has 0 radical (unpaired) electrons. The van der Waals surface area contributed by atoms with Gasteiger partial charge < -0.3 is 10.2 Å². The number of carbonyl (C=O) groups is 2. The van der Waals surface area contributed by atoms with Crippen LogP contribution in [0, 0.1) is 0 Å². The van der Waals surface area contributed by atoms with Gasteiger partial charge >= 0.3 is 0 Å². The Labute approximate surface area is 107 Å². The van der Waals surface area contributed by atoms with Crippen molar-refractivity contribution in [2.75, 3.05) is 19.6 Å². The van der Waals surface area contributed by atoms with Crippen molar-refractivity contribution in [2.24, 2.45) is 0 Å². The summed E-state index contributed by atoms with van der Waals surface area (Å²) in [6.07, 6.45) is 0. The number of nitrogens with zero attached hydrogens (tertiary/aromatic N) is 3. The van der Waals surface area contributed by atoms with Gasteiger partial charge in [0.1, 0.15) is 0 Å². The van der Waals surface area contributed by atoms with Crippen molar-refractivity contribution < 1.29 is 9.59 Å². The number of aromatic nitrogens is 2. The number of hydrogen-bond donors (Lipinski definition) is 1. The Balaban J connectivity index is 2.24. The summed E-state index contributed by atoms with van der Waals surface area (Å²) >= 11 is 11.4. The van der Waals surface area contributed by atoms with E-state index in [2.05, 4.69) is 15.5 Å². The zero-order valence-electron chi connectivity index (χ0n) is 8.61. The average molecular weight is 275 g/mol. The van der Waals surface area contributed by atoms with Gasteiger partial charge in [0.15, 0.2) is 10.3 Å². The molecular weight excluding hydrogens is 267 g/mol. The van der Waals surface area contributed by atoms with Crippen LogP contribution in [0.2, 0.25) is 10.3 Å².